The standard InChI is InChI=1S/C18H21NO2Si/c1-22(2,3)14-17(20)19(16-12-8-5-9-13-16)18(21)15-10-6-4-7-11-15/h4-13H,14H2,1-3H3. The van der Waals surface area contributed by atoms with Gasteiger partial charge in [-0.15, -0.1) is 0 Å². The first-order valence-corrected chi connectivity index (χ1v) is 11.1. The first kappa shape index (κ1) is 16.2. The van der Waals surface area contributed by atoms with Crippen LogP contribution in [0.3, 0.4) is 0 Å². The van der Waals surface area contributed by atoms with Crippen LogP contribution in [0.25, 0.3) is 0 Å². The highest BCUT2D eigenvalue weighted by atomic mass is 28.3. The van der Waals surface area contributed by atoms with Gasteiger partial charge in [-0.1, -0.05) is 56.0 Å². The van der Waals surface area contributed by atoms with Crippen LogP contribution < -0.4 is 4.90 Å². The normalized spacial score (nSPS) is 11.0. The van der Waals surface area contributed by atoms with E-state index in [0.717, 1.165) is 0 Å². The van der Waals surface area contributed by atoms with E-state index in [1.165, 1.54) is 4.90 Å². The number of para-hydroxylation sites is 1. The second kappa shape index (κ2) is 6.71. The molecule has 0 atom stereocenters. The lowest BCUT2D eigenvalue weighted by Crippen LogP contribution is -2.40. The van der Waals surface area contributed by atoms with Crippen LogP contribution in [0.1, 0.15) is 10.4 Å². The molecule has 22 heavy (non-hydrogen) atoms. The summed E-state index contributed by atoms with van der Waals surface area (Å²) in [5.74, 6) is -0.394. The molecular weight excluding hydrogens is 290 g/mol. The predicted octanol–water partition coefficient (Wildman–Crippen LogP) is 4.20. The van der Waals surface area contributed by atoms with Gasteiger partial charge >= 0.3 is 0 Å². The van der Waals surface area contributed by atoms with Crippen LogP contribution in [0.4, 0.5) is 5.69 Å². The fourth-order valence-corrected chi connectivity index (χ4v) is 3.26. The Morgan fingerprint density at radius 2 is 1.36 bits per heavy atom. The van der Waals surface area contributed by atoms with Crippen molar-refractivity contribution in [1.29, 1.82) is 0 Å². The maximum Gasteiger partial charge on any atom is 0.265 e. The summed E-state index contributed by atoms with van der Waals surface area (Å²) in [7, 11) is -1.61. The fraction of sp³-hybridized carbons (Fsp3) is 0.222. The average molecular weight is 311 g/mol. The van der Waals surface area contributed by atoms with E-state index in [0.29, 0.717) is 17.3 Å². The van der Waals surface area contributed by atoms with Crippen LogP contribution in [0.15, 0.2) is 60.7 Å². The summed E-state index contributed by atoms with van der Waals surface area (Å²) in [6, 6.07) is 18.5. The van der Waals surface area contributed by atoms with E-state index >= 15 is 0 Å². The van der Waals surface area contributed by atoms with Gasteiger partial charge in [0.05, 0.1) is 13.8 Å². The molecule has 3 nitrogen and oxygen atoms in total. The fourth-order valence-electron chi connectivity index (χ4n) is 2.19. The lowest BCUT2D eigenvalue weighted by molar-refractivity contribution is -0.116. The molecule has 0 bridgehead atoms. The summed E-state index contributed by atoms with van der Waals surface area (Å²) in [6.45, 7) is 6.38. The smallest absolute Gasteiger partial charge is 0.265 e. The maximum absolute atomic E-state index is 12.8. The van der Waals surface area contributed by atoms with E-state index in [2.05, 4.69) is 19.6 Å². The zero-order valence-electron chi connectivity index (χ0n) is 13.2. The number of nitrogens with zero attached hydrogens (tertiary/aromatic N) is 1. The molecule has 2 rings (SSSR count). The number of amides is 2. The minimum Gasteiger partial charge on any atom is -0.274 e. The van der Waals surface area contributed by atoms with Crippen molar-refractivity contribution in [1.82, 2.24) is 0 Å². The SMILES string of the molecule is C[Si](C)(C)CC(=O)N(C(=O)c1ccccc1)c1ccccc1. The summed E-state index contributed by atoms with van der Waals surface area (Å²) in [6.07, 6.45) is 0. The Morgan fingerprint density at radius 1 is 0.864 bits per heavy atom. The van der Waals surface area contributed by atoms with Gasteiger partial charge in [-0.05, 0) is 24.3 Å². The lowest BCUT2D eigenvalue weighted by Gasteiger charge is -2.24. The Morgan fingerprint density at radius 3 is 1.86 bits per heavy atom. The molecule has 4 heteroatoms. The highest BCUT2D eigenvalue weighted by molar-refractivity contribution is 6.79. The van der Waals surface area contributed by atoms with Crippen LogP contribution in [-0.4, -0.2) is 19.9 Å². The van der Waals surface area contributed by atoms with Crippen molar-refractivity contribution < 1.29 is 9.59 Å². The molecule has 0 radical (unpaired) electrons. The van der Waals surface area contributed by atoms with Crippen LogP contribution in [-0.2, 0) is 4.79 Å². The molecule has 0 spiro atoms. The van der Waals surface area contributed by atoms with E-state index in [4.69, 9.17) is 0 Å². The predicted molar refractivity (Wildman–Crippen MR) is 92.9 cm³/mol. The van der Waals surface area contributed by atoms with Crippen LogP contribution in [0.2, 0.25) is 25.7 Å². The first-order valence-electron chi connectivity index (χ1n) is 7.36. The summed E-state index contributed by atoms with van der Waals surface area (Å²) < 4.78 is 0. The number of imide groups is 1. The number of benzene rings is 2. The van der Waals surface area contributed by atoms with Gasteiger partial charge in [-0.3, -0.25) is 9.59 Å². The Bertz CT molecular complexity index is 648. The highest BCUT2D eigenvalue weighted by Crippen LogP contribution is 2.21. The number of hydrogen-bond acceptors (Lipinski definition) is 2. The lowest BCUT2D eigenvalue weighted by atomic mass is 10.2. The molecule has 0 N–H and O–H groups in total. The van der Waals surface area contributed by atoms with Crippen LogP contribution >= 0.6 is 0 Å². The van der Waals surface area contributed by atoms with E-state index in [-0.39, 0.29) is 11.8 Å². The third-order valence-corrected chi connectivity index (χ3v) is 4.53. The molecule has 0 saturated carbocycles. The van der Waals surface area contributed by atoms with Gasteiger partial charge in [-0.25, -0.2) is 4.90 Å². The van der Waals surface area contributed by atoms with Gasteiger partial charge in [0.25, 0.3) is 5.91 Å². The van der Waals surface area contributed by atoms with E-state index in [9.17, 15) is 9.59 Å². The van der Waals surface area contributed by atoms with E-state index in [1.54, 1.807) is 36.4 Å². The van der Waals surface area contributed by atoms with Gasteiger partial charge in [-0.2, -0.15) is 0 Å². The zero-order valence-corrected chi connectivity index (χ0v) is 14.2. The van der Waals surface area contributed by atoms with Crippen molar-refractivity contribution in [2.75, 3.05) is 4.90 Å². The van der Waals surface area contributed by atoms with Crippen molar-refractivity contribution >= 4 is 25.6 Å². The summed E-state index contributed by atoms with van der Waals surface area (Å²) in [4.78, 5) is 26.8. The zero-order chi connectivity index (χ0) is 16.2. The van der Waals surface area contributed by atoms with Gasteiger partial charge in [0.2, 0.25) is 5.91 Å². The molecule has 0 unspecified atom stereocenters. The third-order valence-electron chi connectivity index (χ3n) is 3.17. The van der Waals surface area contributed by atoms with Crippen molar-refractivity contribution in [3.63, 3.8) is 0 Å². The summed E-state index contributed by atoms with van der Waals surface area (Å²) in [5.41, 5.74) is 1.15. The van der Waals surface area contributed by atoms with Gasteiger partial charge < -0.3 is 0 Å². The molecule has 2 aromatic carbocycles. The molecule has 0 aliphatic rings. The van der Waals surface area contributed by atoms with Crippen LogP contribution in [0, 0.1) is 0 Å². The Labute approximate surface area is 132 Å². The molecule has 0 heterocycles. The van der Waals surface area contributed by atoms with Gasteiger partial charge in [0.15, 0.2) is 0 Å². The maximum atomic E-state index is 12.8. The Kier molecular flexibility index (Phi) is 4.93. The topological polar surface area (TPSA) is 37.4 Å². The molecule has 0 aromatic heterocycles. The van der Waals surface area contributed by atoms with E-state index < -0.39 is 8.07 Å². The first-order chi connectivity index (χ1) is 10.4. The second-order valence-electron chi connectivity index (χ2n) is 6.47. The van der Waals surface area contributed by atoms with Gasteiger partial charge in [0.1, 0.15) is 0 Å². The molecule has 0 aliphatic carbocycles. The average Bonchev–Trinajstić information content (AvgIpc) is 2.47. The Balaban J connectivity index is 2.38. The number of hydrogen-bond donors (Lipinski definition) is 0. The number of anilines is 1. The molecule has 2 amide bonds. The monoisotopic (exact) mass is 311 g/mol. The molecular formula is C18H21NO2Si. The number of rotatable bonds is 4. The van der Waals surface area contributed by atoms with Crippen molar-refractivity contribution in [2.45, 2.75) is 25.7 Å². The molecule has 2 aromatic rings. The molecule has 114 valence electrons. The van der Waals surface area contributed by atoms with Crippen LogP contribution in [0.5, 0.6) is 0 Å². The number of carbonyl (C=O) groups excluding carboxylic acids is 2. The molecule has 0 saturated heterocycles. The van der Waals surface area contributed by atoms with Crippen molar-refractivity contribution in [3.8, 4) is 0 Å². The van der Waals surface area contributed by atoms with Crippen molar-refractivity contribution in [3.05, 3.63) is 66.2 Å². The summed E-state index contributed by atoms with van der Waals surface area (Å²) >= 11 is 0. The van der Waals surface area contributed by atoms with Crippen molar-refractivity contribution in [2.24, 2.45) is 0 Å². The minimum absolute atomic E-state index is 0.126. The quantitative estimate of drug-likeness (QED) is 0.794. The highest BCUT2D eigenvalue weighted by Gasteiger charge is 2.28. The Hall–Kier alpha value is -2.20. The van der Waals surface area contributed by atoms with E-state index in [1.807, 2.05) is 24.3 Å². The minimum atomic E-state index is -1.61. The summed E-state index contributed by atoms with van der Waals surface area (Å²) in [5, 5.41) is 0. The largest absolute Gasteiger partial charge is 0.274 e. The molecule has 0 aliphatic heterocycles. The second-order valence-corrected chi connectivity index (χ2v) is 11.9. The van der Waals surface area contributed by atoms with Gasteiger partial charge in [0, 0.05) is 11.6 Å². The number of carbonyl (C=O) groups is 2. The third kappa shape index (κ3) is 4.15. The molecule has 0 fully saturated rings.